The van der Waals surface area contributed by atoms with Crippen LogP contribution in [0.15, 0.2) is 54.9 Å². The molecule has 4 aromatic heterocycles. The molecule has 5 rings (SSSR count). The van der Waals surface area contributed by atoms with Crippen molar-refractivity contribution in [2.45, 2.75) is 65.6 Å². The molecule has 0 radical (unpaired) electrons. The van der Waals surface area contributed by atoms with E-state index < -0.39 is 41.7 Å². The van der Waals surface area contributed by atoms with Gasteiger partial charge in [0, 0.05) is 24.0 Å². The second kappa shape index (κ2) is 19.6. The first-order valence-corrected chi connectivity index (χ1v) is 17.5. The summed E-state index contributed by atoms with van der Waals surface area (Å²) in [5.74, 6) is -2.43. The lowest BCUT2D eigenvalue weighted by Crippen LogP contribution is -2.42. The smallest absolute Gasteiger partial charge is 0.408 e. The number of hydrogen-bond acceptors (Lipinski definition) is 13. The number of esters is 2. The van der Waals surface area contributed by atoms with Crippen molar-refractivity contribution in [2.75, 3.05) is 14.2 Å². The van der Waals surface area contributed by atoms with Crippen LogP contribution in [0.3, 0.4) is 0 Å². The number of hydrogen-bond donors (Lipinski definition) is 2. The molecular formula is C37H40F2N4O8S2. The fourth-order valence-electron chi connectivity index (χ4n) is 4.81. The van der Waals surface area contributed by atoms with E-state index in [4.69, 9.17) is 15.2 Å². The van der Waals surface area contributed by atoms with E-state index in [9.17, 15) is 32.8 Å². The molecule has 16 heteroatoms. The third-order valence-electron chi connectivity index (χ3n) is 7.84. The number of alkyl carbamates (subject to hydrolysis) is 1. The summed E-state index contributed by atoms with van der Waals surface area (Å²) in [4.78, 5) is 68.9. The normalized spacial score (nSPS) is 11.8. The molecule has 0 fully saturated rings. The lowest BCUT2D eigenvalue weighted by Gasteiger charge is -2.16. The van der Waals surface area contributed by atoms with Crippen molar-refractivity contribution in [2.24, 2.45) is 5.73 Å². The van der Waals surface area contributed by atoms with Crippen molar-refractivity contribution < 1.29 is 47.0 Å². The van der Waals surface area contributed by atoms with Gasteiger partial charge in [-0.2, -0.15) is 0 Å². The van der Waals surface area contributed by atoms with Gasteiger partial charge in [-0.3, -0.25) is 24.4 Å². The summed E-state index contributed by atoms with van der Waals surface area (Å²) in [6.45, 7) is 3.32. The number of thiophene rings is 2. The Morgan fingerprint density at radius 2 is 1.28 bits per heavy atom. The Hall–Kier alpha value is -5.19. The minimum absolute atomic E-state index is 0. The number of Topliss-reactive ketones (excluding diaryl/α,β-unsaturated/α-hetero) is 2. The Bertz CT molecular complexity index is 2090. The number of rotatable bonds is 13. The number of halogens is 2. The van der Waals surface area contributed by atoms with Crippen molar-refractivity contribution in [1.29, 1.82) is 0 Å². The highest BCUT2D eigenvalue weighted by Crippen LogP contribution is 2.30. The first-order valence-electron chi connectivity index (χ1n) is 15.9. The number of benzene rings is 1. The average molecular weight is 771 g/mol. The van der Waals surface area contributed by atoms with Crippen LogP contribution in [-0.2, 0) is 30.4 Å². The van der Waals surface area contributed by atoms with Gasteiger partial charge in [-0.15, -0.1) is 22.7 Å². The van der Waals surface area contributed by atoms with Crippen molar-refractivity contribution in [3.05, 3.63) is 92.9 Å². The lowest BCUT2D eigenvalue weighted by molar-refractivity contribution is -0.143. The van der Waals surface area contributed by atoms with Crippen LogP contribution in [0.5, 0.6) is 0 Å². The number of carbonyl (C=O) groups excluding carboxylic acids is 5. The molecule has 0 aliphatic rings. The van der Waals surface area contributed by atoms with E-state index in [-0.39, 0.29) is 51.3 Å². The summed E-state index contributed by atoms with van der Waals surface area (Å²) < 4.78 is 42.7. The molecule has 12 nitrogen and oxygen atoms in total. The molecule has 2 atom stereocenters. The van der Waals surface area contributed by atoms with E-state index in [0.717, 1.165) is 29.3 Å². The van der Waals surface area contributed by atoms with Crippen LogP contribution >= 0.6 is 22.7 Å². The number of methoxy groups -OCH3 is 2. The molecule has 0 aliphatic heterocycles. The van der Waals surface area contributed by atoms with Gasteiger partial charge in [-0.25, -0.2) is 18.4 Å². The third-order valence-corrected chi connectivity index (χ3v) is 10.4. The molecule has 4 heterocycles. The number of aryl methyl sites for hydroxylation is 2. The molecule has 0 unspecified atom stereocenters. The number of nitrogens with one attached hydrogen (secondary N) is 1. The highest BCUT2D eigenvalue weighted by Gasteiger charge is 2.25. The van der Waals surface area contributed by atoms with Gasteiger partial charge in [-0.1, -0.05) is 37.8 Å². The van der Waals surface area contributed by atoms with Crippen molar-refractivity contribution in [1.82, 2.24) is 15.3 Å². The predicted octanol–water partition coefficient (Wildman–Crippen LogP) is 7.02. The Labute approximate surface area is 312 Å². The summed E-state index contributed by atoms with van der Waals surface area (Å²) in [6, 6.07) is 10.5. The van der Waals surface area contributed by atoms with Gasteiger partial charge in [0.05, 0.1) is 56.8 Å². The van der Waals surface area contributed by atoms with Gasteiger partial charge in [0.15, 0.2) is 11.6 Å². The Morgan fingerprint density at radius 1 is 0.792 bits per heavy atom. The summed E-state index contributed by atoms with van der Waals surface area (Å²) >= 11 is 2.35. The number of amides is 1. The molecular weight excluding hydrogens is 731 g/mol. The molecule has 1 aromatic carbocycles. The van der Waals surface area contributed by atoms with Gasteiger partial charge in [0.2, 0.25) is 0 Å². The van der Waals surface area contributed by atoms with E-state index in [2.05, 4.69) is 20.0 Å². The van der Waals surface area contributed by atoms with Crippen LogP contribution in [0.1, 0.15) is 69.1 Å². The number of pyridine rings is 2. The number of ketones is 2. The van der Waals surface area contributed by atoms with Crippen LogP contribution in [0, 0.1) is 25.5 Å². The van der Waals surface area contributed by atoms with Crippen LogP contribution in [0.25, 0.3) is 20.4 Å². The molecule has 3 N–H and O–H groups in total. The minimum atomic E-state index is -1.04. The van der Waals surface area contributed by atoms with Crippen molar-refractivity contribution in [3.8, 4) is 0 Å². The first-order chi connectivity index (χ1) is 24.8. The van der Waals surface area contributed by atoms with Crippen LogP contribution in [-0.4, -0.2) is 65.9 Å². The SMILES string of the molecule is C.COC(=O)[C@@H](CCC(=O)c1cc2ncc(F)c(C)c2s1)NC(=O)OCc1ccccc1.COC(=O)[C@H](N)CCC(=O)c1cc2ncc(F)c(C)c2s1. The number of fused-ring (bicyclic) bond motifs is 2. The lowest BCUT2D eigenvalue weighted by atomic mass is 10.1. The number of aromatic nitrogens is 2. The minimum Gasteiger partial charge on any atom is -0.468 e. The van der Waals surface area contributed by atoms with Gasteiger partial charge in [0.1, 0.15) is 30.3 Å². The fourth-order valence-corrected chi connectivity index (χ4v) is 6.95. The molecule has 0 bridgehead atoms. The van der Waals surface area contributed by atoms with E-state index in [1.165, 1.54) is 25.6 Å². The zero-order valence-corrected chi connectivity index (χ0v) is 30.3. The number of nitrogens with zero attached hydrogens (tertiary/aromatic N) is 2. The molecule has 5 aromatic rings. The average Bonchev–Trinajstić information content (AvgIpc) is 3.80. The number of nitrogens with two attached hydrogens (primary N) is 1. The maximum Gasteiger partial charge on any atom is 0.408 e. The van der Waals surface area contributed by atoms with Crippen LogP contribution < -0.4 is 11.1 Å². The zero-order valence-electron chi connectivity index (χ0n) is 28.7. The standard InChI is InChI=1S/C22H21FN2O5S.C14H15FN2O3S.CH4/c1-13-15(23)11-24-17-10-19(31-20(13)17)18(26)9-8-16(21(27)29-2)25-22(28)30-12-14-6-4-3-5-7-14;1-7-8(15)6-17-10-5-12(21-13(7)10)11(18)4-3-9(16)14(19)20-2;/h3-7,10-11,16H,8-9,12H2,1-2H3,(H,25,28);5-6,9H,3-4,16H2,1-2H3;1H4/t16-;9-;/m11./s1. The van der Waals surface area contributed by atoms with E-state index >= 15 is 0 Å². The van der Waals surface area contributed by atoms with Gasteiger partial charge < -0.3 is 25.3 Å². The van der Waals surface area contributed by atoms with E-state index in [1.807, 2.05) is 18.2 Å². The maximum absolute atomic E-state index is 13.7. The van der Waals surface area contributed by atoms with Gasteiger partial charge >= 0.3 is 18.0 Å². The molecule has 0 aliphatic carbocycles. The molecule has 0 saturated carbocycles. The summed E-state index contributed by atoms with van der Waals surface area (Å²) in [6.07, 6.45) is 1.82. The maximum atomic E-state index is 13.7. The first kappa shape index (κ1) is 42.2. The van der Waals surface area contributed by atoms with E-state index in [1.54, 1.807) is 38.1 Å². The van der Waals surface area contributed by atoms with Crippen LogP contribution in [0.2, 0.25) is 0 Å². The second-order valence-corrected chi connectivity index (χ2v) is 13.6. The summed E-state index contributed by atoms with van der Waals surface area (Å²) in [5.41, 5.74) is 8.44. The quantitative estimate of drug-likeness (QED) is 0.0715. The summed E-state index contributed by atoms with van der Waals surface area (Å²) in [7, 11) is 2.45. The second-order valence-electron chi connectivity index (χ2n) is 11.4. The molecule has 282 valence electrons. The van der Waals surface area contributed by atoms with Gasteiger partial charge in [0.25, 0.3) is 0 Å². The van der Waals surface area contributed by atoms with E-state index in [0.29, 0.717) is 41.3 Å². The molecule has 1 amide bonds. The largest absolute Gasteiger partial charge is 0.468 e. The Morgan fingerprint density at radius 3 is 1.77 bits per heavy atom. The molecule has 0 spiro atoms. The number of carbonyl (C=O) groups is 5. The highest BCUT2D eigenvalue weighted by atomic mass is 32.1. The monoisotopic (exact) mass is 770 g/mol. The topological polar surface area (TPSA) is 177 Å². The number of ether oxygens (including phenoxy) is 3. The van der Waals surface area contributed by atoms with Gasteiger partial charge in [-0.05, 0) is 44.4 Å². The highest BCUT2D eigenvalue weighted by molar-refractivity contribution is 7.21. The Kier molecular flexibility index (Phi) is 15.6. The summed E-state index contributed by atoms with van der Waals surface area (Å²) in [5, 5.41) is 2.44. The fraction of sp³-hybridized carbons (Fsp3) is 0.324. The van der Waals surface area contributed by atoms with Crippen LogP contribution in [0.4, 0.5) is 13.6 Å². The molecule has 0 saturated heterocycles. The Balaban J connectivity index is 0.000000301. The molecule has 53 heavy (non-hydrogen) atoms. The predicted molar refractivity (Wildman–Crippen MR) is 198 cm³/mol. The third kappa shape index (κ3) is 11.2. The zero-order chi connectivity index (χ0) is 37.9. The van der Waals surface area contributed by atoms with Crippen molar-refractivity contribution >= 4 is 72.7 Å². The van der Waals surface area contributed by atoms with Crippen molar-refractivity contribution in [3.63, 3.8) is 0 Å².